The second-order valence-corrected chi connectivity index (χ2v) is 6.30. The van der Waals surface area contributed by atoms with Crippen LogP contribution in [0.25, 0.3) is 10.9 Å². The zero-order valence-electron chi connectivity index (χ0n) is 13.7. The monoisotopic (exact) mass is 400 g/mol. The predicted octanol–water partition coefficient (Wildman–Crippen LogP) is 4.27. The number of hydrogen-bond donors (Lipinski definition) is 1. The first-order chi connectivity index (χ1) is 12.2. The standard InChI is InChI=1S/C19H17BrN2O3/c1-24-7-8-25-17-10-14(9-15(20)11-17)19(23)22-16-5-4-13-3-2-6-21-18(13)12-16/h2-6,9-12H,7-8H2,1H3,(H,22,23). The number of ether oxygens (including phenoxy) is 2. The van der Waals surface area contributed by atoms with Gasteiger partial charge in [0.05, 0.1) is 12.1 Å². The highest BCUT2D eigenvalue weighted by Crippen LogP contribution is 2.23. The Morgan fingerprint density at radius 1 is 1.16 bits per heavy atom. The first-order valence-electron chi connectivity index (χ1n) is 7.74. The second-order valence-electron chi connectivity index (χ2n) is 5.38. The molecule has 0 saturated carbocycles. The number of aromatic nitrogens is 1. The van der Waals surface area contributed by atoms with Gasteiger partial charge in [0.15, 0.2) is 0 Å². The van der Waals surface area contributed by atoms with Gasteiger partial charge in [-0.25, -0.2) is 0 Å². The van der Waals surface area contributed by atoms with Crippen LogP contribution in [0.5, 0.6) is 5.75 Å². The van der Waals surface area contributed by atoms with E-state index in [1.165, 1.54) is 0 Å². The zero-order chi connectivity index (χ0) is 17.6. The van der Waals surface area contributed by atoms with E-state index in [1.54, 1.807) is 25.4 Å². The van der Waals surface area contributed by atoms with Crippen LogP contribution in [-0.2, 0) is 4.74 Å². The topological polar surface area (TPSA) is 60.5 Å². The van der Waals surface area contributed by atoms with Crippen molar-refractivity contribution in [2.24, 2.45) is 0 Å². The molecule has 1 aromatic heterocycles. The summed E-state index contributed by atoms with van der Waals surface area (Å²) >= 11 is 3.41. The number of hydrogen-bond acceptors (Lipinski definition) is 4. The molecule has 1 amide bonds. The molecule has 1 N–H and O–H groups in total. The maximum atomic E-state index is 12.6. The highest BCUT2D eigenvalue weighted by molar-refractivity contribution is 9.10. The normalized spacial score (nSPS) is 10.6. The third kappa shape index (κ3) is 4.55. The van der Waals surface area contributed by atoms with Gasteiger partial charge < -0.3 is 14.8 Å². The fourth-order valence-electron chi connectivity index (χ4n) is 2.37. The summed E-state index contributed by atoms with van der Waals surface area (Å²) in [6.07, 6.45) is 1.73. The molecule has 25 heavy (non-hydrogen) atoms. The van der Waals surface area contributed by atoms with Crippen LogP contribution in [0, 0.1) is 0 Å². The largest absolute Gasteiger partial charge is 0.491 e. The summed E-state index contributed by atoms with van der Waals surface area (Å²) in [5, 5.41) is 3.92. The molecule has 0 radical (unpaired) electrons. The average Bonchev–Trinajstić information content (AvgIpc) is 2.61. The van der Waals surface area contributed by atoms with Gasteiger partial charge in [-0.05, 0) is 36.4 Å². The first kappa shape index (κ1) is 17.4. The van der Waals surface area contributed by atoms with Crippen molar-refractivity contribution in [2.75, 3.05) is 25.6 Å². The molecule has 3 aromatic rings. The molecule has 2 aromatic carbocycles. The Morgan fingerprint density at radius 2 is 2.04 bits per heavy atom. The van der Waals surface area contributed by atoms with E-state index >= 15 is 0 Å². The van der Waals surface area contributed by atoms with Gasteiger partial charge in [0.25, 0.3) is 5.91 Å². The van der Waals surface area contributed by atoms with E-state index in [1.807, 2.05) is 36.4 Å². The molecule has 6 heteroatoms. The molecule has 0 atom stereocenters. The summed E-state index contributed by atoms with van der Waals surface area (Å²) in [6.45, 7) is 0.905. The van der Waals surface area contributed by atoms with Crippen molar-refractivity contribution in [1.82, 2.24) is 4.98 Å². The molecule has 5 nitrogen and oxygen atoms in total. The van der Waals surface area contributed by atoms with Crippen LogP contribution < -0.4 is 10.1 Å². The predicted molar refractivity (Wildman–Crippen MR) is 101 cm³/mol. The Morgan fingerprint density at radius 3 is 2.88 bits per heavy atom. The van der Waals surface area contributed by atoms with Crippen molar-refractivity contribution in [1.29, 1.82) is 0 Å². The van der Waals surface area contributed by atoms with E-state index < -0.39 is 0 Å². The van der Waals surface area contributed by atoms with Crippen LogP contribution in [0.15, 0.2) is 59.2 Å². The molecule has 0 bridgehead atoms. The molecule has 0 spiro atoms. The third-order valence-corrected chi connectivity index (χ3v) is 4.01. The summed E-state index contributed by atoms with van der Waals surface area (Å²) in [7, 11) is 1.61. The maximum Gasteiger partial charge on any atom is 0.255 e. The Labute approximate surface area is 154 Å². The molecular formula is C19H17BrN2O3. The number of rotatable bonds is 6. The molecular weight excluding hydrogens is 384 g/mol. The number of pyridine rings is 1. The van der Waals surface area contributed by atoms with Crippen LogP contribution in [0.4, 0.5) is 5.69 Å². The summed E-state index contributed by atoms with van der Waals surface area (Å²) < 4.78 is 11.3. The fraction of sp³-hybridized carbons (Fsp3) is 0.158. The number of amides is 1. The van der Waals surface area contributed by atoms with Crippen LogP contribution >= 0.6 is 15.9 Å². The van der Waals surface area contributed by atoms with E-state index in [0.29, 0.717) is 30.2 Å². The number of halogens is 1. The number of methoxy groups -OCH3 is 1. The van der Waals surface area contributed by atoms with E-state index in [9.17, 15) is 4.79 Å². The minimum absolute atomic E-state index is 0.215. The number of nitrogens with zero attached hydrogens (tertiary/aromatic N) is 1. The number of carbonyl (C=O) groups excluding carboxylic acids is 1. The second kappa shape index (κ2) is 8.09. The summed E-state index contributed by atoms with van der Waals surface area (Å²) in [6, 6.07) is 14.8. The lowest BCUT2D eigenvalue weighted by atomic mass is 10.1. The third-order valence-electron chi connectivity index (χ3n) is 3.55. The summed E-state index contributed by atoms with van der Waals surface area (Å²) in [4.78, 5) is 16.9. The Hall–Kier alpha value is -2.44. The van der Waals surface area contributed by atoms with Gasteiger partial charge in [0.1, 0.15) is 12.4 Å². The molecule has 0 aliphatic rings. The van der Waals surface area contributed by atoms with Crippen LogP contribution in [-0.4, -0.2) is 31.2 Å². The Kier molecular flexibility index (Phi) is 5.63. The Bertz CT molecular complexity index is 899. The van der Waals surface area contributed by atoms with Crippen LogP contribution in [0.2, 0.25) is 0 Å². The van der Waals surface area contributed by atoms with Crippen LogP contribution in [0.1, 0.15) is 10.4 Å². The maximum absolute atomic E-state index is 12.6. The number of nitrogens with one attached hydrogen (secondary N) is 1. The zero-order valence-corrected chi connectivity index (χ0v) is 15.2. The van der Waals surface area contributed by atoms with Gasteiger partial charge in [-0.1, -0.05) is 28.1 Å². The van der Waals surface area contributed by atoms with Gasteiger partial charge in [-0.3, -0.25) is 9.78 Å². The minimum Gasteiger partial charge on any atom is -0.491 e. The molecule has 1 heterocycles. The first-order valence-corrected chi connectivity index (χ1v) is 8.53. The molecule has 0 fully saturated rings. The van der Waals surface area contributed by atoms with Gasteiger partial charge in [-0.15, -0.1) is 0 Å². The van der Waals surface area contributed by atoms with Crippen molar-refractivity contribution in [3.8, 4) is 5.75 Å². The van der Waals surface area contributed by atoms with E-state index in [-0.39, 0.29) is 5.91 Å². The number of carbonyl (C=O) groups is 1. The lowest BCUT2D eigenvalue weighted by molar-refractivity contribution is 0.102. The molecule has 0 aliphatic carbocycles. The van der Waals surface area contributed by atoms with E-state index in [4.69, 9.17) is 9.47 Å². The molecule has 0 aliphatic heterocycles. The van der Waals surface area contributed by atoms with E-state index in [2.05, 4.69) is 26.2 Å². The SMILES string of the molecule is COCCOc1cc(Br)cc(C(=O)Nc2ccc3cccnc3c2)c1. The van der Waals surface area contributed by atoms with E-state index in [0.717, 1.165) is 15.4 Å². The van der Waals surface area contributed by atoms with Gasteiger partial charge in [0.2, 0.25) is 0 Å². The smallest absolute Gasteiger partial charge is 0.255 e. The molecule has 0 unspecified atom stereocenters. The number of fused-ring (bicyclic) bond motifs is 1. The van der Waals surface area contributed by atoms with Gasteiger partial charge in [0, 0.05) is 34.4 Å². The molecule has 3 rings (SSSR count). The van der Waals surface area contributed by atoms with Gasteiger partial charge in [-0.2, -0.15) is 0 Å². The highest BCUT2D eigenvalue weighted by atomic mass is 79.9. The van der Waals surface area contributed by atoms with Gasteiger partial charge >= 0.3 is 0 Å². The number of benzene rings is 2. The van der Waals surface area contributed by atoms with Crippen LogP contribution in [0.3, 0.4) is 0 Å². The Balaban J connectivity index is 1.77. The average molecular weight is 401 g/mol. The summed E-state index contributed by atoms with van der Waals surface area (Å²) in [5.74, 6) is 0.393. The van der Waals surface area contributed by atoms with Crippen molar-refractivity contribution in [2.45, 2.75) is 0 Å². The van der Waals surface area contributed by atoms with Crippen molar-refractivity contribution in [3.05, 3.63) is 64.8 Å². The molecule has 0 saturated heterocycles. The number of anilines is 1. The molecule has 128 valence electrons. The lowest BCUT2D eigenvalue weighted by Crippen LogP contribution is -2.12. The van der Waals surface area contributed by atoms with Crippen molar-refractivity contribution < 1.29 is 14.3 Å². The van der Waals surface area contributed by atoms with Crippen molar-refractivity contribution >= 4 is 38.4 Å². The fourth-order valence-corrected chi connectivity index (χ4v) is 2.84. The highest BCUT2D eigenvalue weighted by Gasteiger charge is 2.10. The summed E-state index contributed by atoms with van der Waals surface area (Å²) in [5.41, 5.74) is 2.03. The quantitative estimate of drug-likeness (QED) is 0.627. The minimum atomic E-state index is -0.215. The lowest BCUT2D eigenvalue weighted by Gasteiger charge is -2.10. The van der Waals surface area contributed by atoms with Crippen molar-refractivity contribution in [3.63, 3.8) is 0 Å².